The van der Waals surface area contributed by atoms with Crippen LogP contribution in [0.4, 0.5) is 9.18 Å². The van der Waals surface area contributed by atoms with Gasteiger partial charge in [-0.15, -0.1) is 0 Å². The van der Waals surface area contributed by atoms with E-state index in [1.165, 1.54) is 13.1 Å². The van der Waals surface area contributed by atoms with Gasteiger partial charge in [-0.05, 0) is 6.92 Å². The fourth-order valence-electron chi connectivity index (χ4n) is 1.96. The van der Waals surface area contributed by atoms with Crippen LogP contribution in [0.25, 0.3) is 0 Å². The molecule has 1 aliphatic rings. The average Bonchev–Trinajstić information content (AvgIpc) is 2.72. The van der Waals surface area contributed by atoms with Gasteiger partial charge in [0.1, 0.15) is 25.1 Å². The van der Waals surface area contributed by atoms with Crippen molar-refractivity contribution >= 4 is 6.16 Å². The number of aryl methyl sites for hydroxylation is 1. The number of carboxylic acid groups (broad SMARTS) is 1. The molecular formula is C11H13FN2O6. The van der Waals surface area contributed by atoms with E-state index in [-0.39, 0.29) is 12.0 Å². The maximum atomic E-state index is 13.7. The van der Waals surface area contributed by atoms with Crippen molar-refractivity contribution in [3.05, 3.63) is 32.6 Å². The molecule has 0 unspecified atom stereocenters. The molecule has 3 atom stereocenters. The second-order valence-corrected chi connectivity index (χ2v) is 4.44. The molecule has 0 bridgehead atoms. The first kappa shape index (κ1) is 14.3. The lowest BCUT2D eigenvalue weighted by molar-refractivity contribution is -0.0454. The maximum absolute atomic E-state index is 13.7. The van der Waals surface area contributed by atoms with Gasteiger partial charge >= 0.3 is 11.8 Å². The minimum atomic E-state index is -1.53. The van der Waals surface area contributed by atoms with Crippen molar-refractivity contribution in [2.24, 2.45) is 0 Å². The zero-order valence-corrected chi connectivity index (χ0v) is 10.5. The van der Waals surface area contributed by atoms with E-state index >= 15 is 0 Å². The van der Waals surface area contributed by atoms with Gasteiger partial charge in [0.25, 0.3) is 5.56 Å². The minimum Gasteiger partial charge on any atom is -0.450 e. The van der Waals surface area contributed by atoms with Crippen LogP contribution in [-0.2, 0) is 9.47 Å². The largest absolute Gasteiger partial charge is 0.505 e. The van der Waals surface area contributed by atoms with Crippen LogP contribution in [-0.4, -0.2) is 39.7 Å². The number of alkyl halides is 1. The highest BCUT2D eigenvalue weighted by molar-refractivity contribution is 5.56. The molecule has 0 spiro atoms. The highest BCUT2D eigenvalue weighted by Crippen LogP contribution is 2.30. The number of rotatable bonds is 3. The van der Waals surface area contributed by atoms with E-state index in [9.17, 15) is 18.8 Å². The Hall–Kier alpha value is -2.16. The summed E-state index contributed by atoms with van der Waals surface area (Å²) in [6.45, 7) is 1.05. The Morgan fingerprint density at radius 3 is 3.00 bits per heavy atom. The van der Waals surface area contributed by atoms with Gasteiger partial charge in [-0.3, -0.25) is 14.3 Å². The molecule has 8 nitrogen and oxygen atoms in total. The van der Waals surface area contributed by atoms with Crippen molar-refractivity contribution in [2.75, 3.05) is 6.61 Å². The molecule has 1 saturated heterocycles. The van der Waals surface area contributed by atoms with Crippen LogP contribution < -0.4 is 11.2 Å². The molecule has 110 valence electrons. The van der Waals surface area contributed by atoms with Gasteiger partial charge in [0, 0.05) is 18.2 Å². The van der Waals surface area contributed by atoms with E-state index in [1.54, 1.807) is 0 Å². The van der Waals surface area contributed by atoms with Crippen molar-refractivity contribution in [3.8, 4) is 0 Å². The Morgan fingerprint density at radius 1 is 1.65 bits per heavy atom. The highest BCUT2D eigenvalue weighted by Gasteiger charge is 2.37. The SMILES string of the molecule is Cc1cn([C@H]2C[C@H](F)[C@@H](COC(=O)O)O2)c(=O)[nH]c1=O. The van der Waals surface area contributed by atoms with Crippen LogP contribution in [0.1, 0.15) is 18.2 Å². The molecule has 2 rings (SSSR count). The third-order valence-electron chi connectivity index (χ3n) is 2.99. The van der Waals surface area contributed by atoms with Gasteiger partial charge in [-0.1, -0.05) is 0 Å². The molecule has 0 aromatic carbocycles. The van der Waals surface area contributed by atoms with Gasteiger partial charge in [0.2, 0.25) is 0 Å². The summed E-state index contributed by atoms with van der Waals surface area (Å²) in [6.07, 6.45) is -3.82. The number of carbonyl (C=O) groups is 1. The summed E-state index contributed by atoms with van der Waals surface area (Å²) < 4.78 is 24.3. The van der Waals surface area contributed by atoms with Gasteiger partial charge in [-0.25, -0.2) is 14.0 Å². The predicted molar refractivity (Wildman–Crippen MR) is 63.5 cm³/mol. The molecule has 1 aliphatic heterocycles. The van der Waals surface area contributed by atoms with E-state index in [0.29, 0.717) is 0 Å². The smallest absolute Gasteiger partial charge is 0.450 e. The number of nitrogens with one attached hydrogen (secondary N) is 1. The van der Waals surface area contributed by atoms with Crippen LogP contribution in [0.3, 0.4) is 0 Å². The van der Waals surface area contributed by atoms with Crippen LogP contribution in [0.5, 0.6) is 0 Å². The number of aromatic amines is 1. The third kappa shape index (κ3) is 2.87. The Bertz CT molecular complexity index is 624. The van der Waals surface area contributed by atoms with E-state index in [2.05, 4.69) is 9.72 Å². The lowest BCUT2D eigenvalue weighted by Crippen LogP contribution is -2.33. The summed E-state index contributed by atoms with van der Waals surface area (Å²) in [4.78, 5) is 35.2. The molecule has 1 aromatic heterocycles. The molecule has 0 saturated carbocycles. The summed E-state index contributed by atoms with van der Waals surface area (Å²) in [5.74, 6) is 0. The molecule has 0 aliphatic carbocycles. The molecule has 2 heterocycles. The first-order valence-electron chi connectivity index (χ1n) is 5.86. The van der Waals surface area contributed by atoms with Crippen molar-refractivity contribution < 1.29 is 23.8 Å². The van der Waals surface area contributed by atoms with Gasteiger partial charge in [0.05, 0.1) is 0 Å². The first-order valence-corrected chi connectivity index (χ1v) is 5.86. The van der Waals surface area contributed by atoms with E-state index in [0.717, 1.165) is 4.57 Å². The number of hydrogen-bond donors (Lipinski definition) is 2. The lowest BCUT2D eigenvalue weighted by atomic mass is 10.2. The second-order valence-electron chi connectivity index (χ2n) is 4.44. The van der Waals surface area contributed by atoms with Crippen molar-refractivity contribution in [2.45, 2.75) is 31.8 Å². The minimum absolute atomic E-state index is 0.126. The molecule has 9 heteroatoms. The lowest BCUT2D eigenvalue weighted by Gasteiger charge is -2.15. The number of nitrogens with zero attached hydrogens (tertiary/aromatic N) is 1. The quantitative estimate of drug-likeness (QED) is 0.767. The first-order chi connectivity index (χ1) is 9.38. The maximum Gasteiger partial charge on any atom is 0.505 e. The Balaban J connectivity index is 2.16. The average molecular weight is 288 g/mol. The second kappa shape index (κ2) is 5.45. The standard InChI is InChI=1S/C11H13FN2O6/c1-5-3-14(10(16)13-9(5)15)8-2-6(12)7(20-8)4-19-11(17)18/h3,6-8H,2,4H2,1H3,(H,17,18)(H,13,15,16)/t6-,7+,8+/m0/s1. The zero-order chi connectivity index (χ0) is 14.9. The van der Waals surface area contributed by atoms with Crippen LogP contribution >= 0.6 is 0 Å². The van der Waals surface area contributed by atoms with E-state index < -0.39 is 42.5 Å². The van der Waals surface area contributed by atoms with Gasteiger partial charge in [-0.2, -0.15) is 0 Å². The molecule has 0 amide bonds. The third-order valence-corrected chi connectivity index (χ3v) is 2.99. The fraction of sp³-hybridized carbons (Fsp3) is 0.545. The Labute approximate surface area is 111 Å². The summed E-state index contributed by atoms with van der Waals surface area (Å²) in [5, 5.41) is 8.36. The molecule has 0 radical (unpaired) electrons. The zero-order valence-electron chi connectivity index (χ0n) is 10.5. The number of ether oxygens (including phenoxy) is 2. The van der Waals surface area contributed by atoms with Crippen molar-refractivity contribution in [1.82, 2.24) is 9.55 Å². The number of halogens is 1. The highest BCUT2D eigenvalue weighted by atomic mass is 19.1. The van der Waals surface area contributed by atoms with Crippen molar-refractivity contribution in [1.29, 1.82) is 0 Å². The number of H-pyrrole nitrogens is 1. The van der Waals surface area contributed by atoms with E-state index in [4.69, 9.17) is 9.84 Å². The molecule has 20 heavy (non-hydrogen) atoms. The van der Waals surface area contributed by atoms with Crippen LogP contribution in [0, 0.1) is 6.92 Å². The van der Waals surface area contributed by atoms with Crippen LogP contribution in [0.2, 0.25) is 0 Å². The van der Waals surface area contributed by atoms with E-state index in [1.807, 2.05) is 0 Å². The van der Waals surface area contributed by atoms with Crippen molar-refractivity contribution in [3.63, 3.8) is 0 Å². The van der Waals surface area contributed by atoms with Gasteiger partial charge in [0.15, 0.2) is 0 Å². The Kier molecular flexibility index (Phi) is 3.89. The van der Waals surface area contributed by atoms with Crippen LogP contribution in [0.15, 0.2) is 15.8 Å². The normalized spacial score (nSPS) is 25.6. The topological polar surface area (TPSA) is 111 Å². The number of hydrogen-bond acceptors (Lipinski definition) is 5. The molecule has 1 fully saturated rings. The summed E-state index contributed by atoms with van der Waals surface area (Å²) in [7, 11) is 0. The predicted octanol–water partition coefficient (Wildman–Crippen LogP) is 0.165. The molecule has 2 N–H and O–H groups in total. The summed E-state index contributed by atoms with van der Waals surface area (Å²) in [6, 6.07) is 0. The molecule has 1 aromatic rings. The summed E-state index contributed by atoms with van der Waals surface area (Å²) in [5.41, 5.74) is -0.946. The Morgan fingerprint density at radius 2 is 2.35 bits per heavy atom. The van der Waals surface area contributed by atoms with Gasteiger partial charge < -0.3 is 14.6 Å². The fourth-order valence-corrected chi connectivity index (χ4v) is 1.96. The molecular weight excluding hydrogens is 275 g/mol. The summed E-state index contributed by atoms with van der Waals surface area (Å²) >= 11 is 0. The monoisotopic (exact) mass is 288 g/mol. The number of aromatic nitrogens is 2.